The van der Waals surface area contributed by atoms with Crippen LogP contribution in [0.1, 0.15) is 23.1 Å². The van der Waals surface area contributed by atoms with E-state index in [0.29, 0.717) is 5.56 Å². The van der Waals surface area contributed by atoms with Crippen LogP contribution in [-0.2, 0) is 0 Å². The van der Waals surface area contributed by atoms with Crippen molar-refractivity contribution in [1.82, 2.24) is 4.98 Å². The van der Waals surface area contributed by atoms with E-state index in [4.69, 9.17) is 0 Å². The van der Waals surface area contributed by atoms with Crippen molar-refractivity contribution in [2.75, 3.05) is 5.75 Å². The monoisotopic (exact) mass is 213 g/mol. The highest BCUT2D eigenvalue weighted by molar-refractivity contribution is 7.80. The van der Waals surface area contributed by atoms with Crippen LogP contribution in [0.25, 0.3) is 0 Å². The molecule has 0 saturated carbocycles. The van der Waals surface area contributed by atoms with E-state index in [-0.39, 0.29) is 5.75 Å². The Bertz CT molecular complexity index is 297. The molecule has 0 spiro atoms. The molecule has 2 N–H and O–H groups in total. The second kappa shape index (κ2) is 4.77. The molecule has 0 amide bonds. The average molecular weight is 213 g/mol. The van der Waals surface area contributed by atoms with Gasteiger partial charge in [-0.05, 0) is 31.5 Å². The minimum atomic E-state index is -0.882. The minimum absolute atomic E-state index is 0.238. The normalized spacial score (nSPS) is 15.2. The Morgan fingerprint density at radius 2 is 1.79 bits per heavy atom. The van der Waals surface area contributed by atoms with Gasteiger partial charge in [0.15, 0.2) is 0 Å². The summed E-state index contributed by atoms with van der Waals surface area (Å²) in [6.45, 7) is 3.71. The van der Waals surface area contributed by atoms with Crippen LogP contribution in [0.5, 0.6) is 0 Å². The van der Waals surface area contributed by atoms with Gasteiger partial charge in [-0.3, -0.25) is 4.98 Å². The maximum absolute atomic E-state index is 9.71. The average Bonchev–Trinajstić information content (AvgIpc) is 2.14. The van der Waals surface area contributed by atoms with Crippen LogP contribution in [-0.4, -0.2) is 27.1 Å². The third-order valence-corrected chi connectivity index (χ3v) is 2.37. The molecule has 78 valence electrons. The van der Waals surface area contributed by atoms with E-state index >= 15 is 0 Å². The summed E-state index contributed by atoms with van der Waals surface area (Å²) in [6.07, 6.45) is -1.72. The van der Waals surface area contributed by atoms with Gasteiger partial charge in [0, 0.05) is 17.1 Å². The molecule has 0 aliphatic rings. The third-order valence-electron chi connectivity index (χ3n) is 2.00. The Balaban J connectivity index is 2.94. The van der Waals surface area contributed by atoms with E-state index in [0.717, 1.165) is 11.4 Å². The van der Waals surface area contributed by atoms with E-state index in [2.05, 4.69) is 17.6 Å². The summed E-state index contributed by atoms with van der Waals surface area (Å²) in [5.74, 6) is 0.238. The zero-order valence-electron chi connectivity index (χ0n) is 8.31. The predicted octanol–water partition coefficient (Wildman–Crippen LogP) is 1.02. The summed E-state index contributed by atoms with van der Waals surface area (Å²) in [7, 11) is 0. The number of aliphatic hydroxyl groups is 2. The number of aromatic nitrogens is 1. The van der Waals surface area contributed by atoms with Gasteiger partial charge in [0.2, 0.25) is 0 Å². The lowest BCUT2D eigenvalue weighted by atomic mass is 10.0. The standard InChI is InChI=1S/C10H15NO2S/c1-6-3-8(4-7(2)11-6)10(13)9(12)5-14/h3-4,9-10,12-14H,5H2,1-2H3. The molecule has 2 unspecified atom stereocenters. The predicted molar refractivity (Wildman–Crippen MR) is 58.5 cm³/mol. The lowest BCUT2D eigenvalue weighted by molar-refractivity contribution is 0.0336. The summed E-state index contributed by atoms with van der Waals surface area (Å²) >= 11 is 3.93. The van der Waals surface area contributed by atoms with Crippen molar-refractivity contribution in [3.63, 3.8) is 0 Å². The van der Waals surface area contributed by atoms with Gasteiger partial charge in [-0.15, -0.1) is 0 Å². The smallest absolute Gasteiger partial charge is 0.106 e. The fourth-order valence-electron chi connectivity index (χ4n) is 1.36. The van der Waals surface area contributed by atoms with Gasteiger partial charge in [-0.25, -0.2) is 0 Å². The molecule has 14 heavy (non-hydrogen) atoms. The number of pyridine rings is 1. The summed E-state index contributed by atoms with van der Waals surface area (Å²) < 4.78 is 0. The number of thiol groups is 1. The van der Waals surface area contributed by atoms with Crippen molar-refractivity contribution in [2.45, 2.75) is 26.1 Å². The van der Waals surface area contributed by atoms with Crippen LogP contribution < -0.4 is 0 Å². The molecule has 1 aromatic heterocycles. The number of hydrogen-bond donors (Lipinski definition) is 3. The van der Waals surface area contributed by atoms with Crippen molar-refractivity contribution in [3.8, 4) is 0 Å². The molecular weight excluding hydrogens is 198 g/mol. The lowest BCUT2D eigenvalue weighted by Crippen LogP contribution is -2.20. The molecule has 0 fully saturated rings. The number of rotatable bonds is 3. The Labute approximate surface area is 89.2 Å². The molecule has 2 atom stereocenters. The first-order valence-electron chi connectivity index (χ1n) is 4.46. The Hall–Kier alpha value is -0.580. The van der Waals surface area contributed by atoms with E-state index in [9.17, 15) is 10.2 Å². The molecule has 0 aliphatic heterocycles. The highest BCUT2D eigenvalue weighted by Gasteiger charge is 2.17. The van der Waals surface area contributed by atoms with Crippen LogP contribution >= 0.6 is 12.6 Å². The summed E-state index contributed by atoms with van der Waals surface area (Å²) in [4.78, 5) is 4.19. The second-order valence-corrected chi connectivity index (χ2v) is 3.74. The van der Waals surface area contributed by atoms with Crippen molar-refractivity contribution in [2.24, 2.45) is 0 Å². The summed E-state index contributed by atoms with van der Waals surface area (Å²) in [6, 6.07) is 3.54. The molecular formula is C10H15NO2S. The van der Waals surface area contributed by atoms with Gasteiger partial charge in [-0.2, -0.15) is 12.6 Å². The van der Waals surface area contributed by atoms with Gasteiger partial charge in [0.1, 0.15) is 6.10 Å². The Morgan fingerprint density at radius 3 is 2.21 bits per heavy atom. The van der Waals surface area contributed by atoms with Crippen LogP contribution in [0.2, 0.25) is 0 Å². The number of nitrogens with zero attached hydrogens (tertiary/aromatic N) is 1. The zero-order chi connectivity index (χ0) is 10.7. The number of aryl methyl sites for hydroxylation is 2. The fourth-order valence-corrected chi connectivity index (χ4v) is 1.56. The van der Waals surface area contributed by atoms with Gasteiger partial charge in [-0.1, -0.05) is 0 Å². The molecule has 0 bridgehead atoms. The molecule has 1 aromatic rings. The molecule has 0 aliphatic carbocycles. The zero-order valence-corrected chi connectivity index (χ0v) is 9.20. The molecule has 0 aromatic carbocycles. The van der Waals surface area contributed by atoms with Crippen molar-refractivity contribution >= 4 is 12.6 Å². The van der Waals surface area contributed by atoms with Gasteiger partial charge >= 0.3 is 0 Å². The van der Waals surface area contributed by atoms with Crippen LogP contribution in [0, 0.1) is 13.8 Å². The number of aliphatic hydroxyl groups excluding tert-OH is 2. The van der Waals surface area contributed by atoms with E-state index in [1.807, 2.05) is 13.8 Å². The van der Waals surface area contributed by atoms with Crippen LogP contribution in [0.3, 0.4) is 0 Å². The van der Waals surface area contributed by atoms with Crippen molar-refractivity contribution < 1.29 is 10.2 Å². The molecule has 3 nitrogen and oxygen atoms in total. The van der Waals surface area contributed by atoms with E-state index in [1.165, 1.54) is 0 Å². The van der Waals surface area contributed by atoms with Crippen molar-refractivity contribution in [3.05, 3.63) is 29.1 Å². The van der Waals surface area contributed by atoms with Crippen molar-refractivity contribution in [1.29, 1.82) is 0 Å². The number of hydrogen-bond acceptors (Lipinski definition) is 4. The first-order valence-corrected chi connectivity index (χ1v) is 5.10. The minimum Gasteiger partial charge on any atom is -0.389 e. The molecule has 0 saturated heterocycles. The van der Waals surface area contributed by atoms with Crippen LogP contribution in [0.4, 0.5) is 0 Å². The second-order valence-electron chi connectivity index (χ2n) is 3.38. The summed E-state index contributed by atoms with van der Waals surface area (Å²) in [5.41, 5.74) is 2.37. The maximum atomic E-state index is 9.71. The molecule has 4 heteroatoms. The summed E-state index contributed by atoms with van der Waals surface area (Å²) in [5, 5.41) is 19.1. The van der Waals surface area contributed by atoms with E-state index < -0.39 is 12.2 Å². The third kappa shape index (κ3) is 2.70. The quantitative estimate of drug-likeness (QED) is 0.657. The maximum Gasteiger partial charge on any atom is 0.106 e. The largest absolute Gasteiger partial charge is 0.389 e. The Kier molecular flexibility index (Phi) is 3.92. The first-order chi connectivity index (χ1) is 6.54. The first kappa shape index (κ1) is 11.5. The SMILES string of the molecule is Cc1cc(C(O)C(O)CS)cc(C)n1. The van der Waals surface area contributed by atoms with Gasteiger partial charge in [0.25, 0.3) is 0 Å². The van der Waals surface area contributed by atoms with Gasteiger partial charge < -0.3 is 10.2 Å². The van der Waals surface area contributed by atoms with Crippen LogP contribution in [0.15, 0.2) is 12.1 Å². The highest BCUT2D eigenvalue weighted by Crippen LogP contribution is 2.18. The topological polar surface area (TPSA) is 53.4 Å². The van der Waals surface area contributed by atoms with Gasteiger partial charge in [0.05, 0.1) is 6.10 Å². The fraction of sp³-hybridized carbons (Fsp3) is 0.500. The molecule has 0 radical (unpaired) electrons. The highest BCUT2D eigenvalue weighted by atomic mass is 32.1. The lowest BCUT2D eigenvalue weighted by Gasteiger charge is -2.16. The van der Waals surface area contributed by atoms with E-state index in [1.54, 1.807) is 12.1 Å². The molecule has 1 rings (SSSR count). The Morgan fingerprint density at radius 1 is 1.29 bits per heavy atom. The molecule has 1 heterocycles.